The second kappa shape index (κ2) is 6.56. The number of anilines is 2. The van der Waals surface area contributed by atoms with Gasteiger partial charge in [-0.3, -0.25) is 4.79 Å². The molecule has 5 nitrogen and oxygen atoms in total. The molecule has 22 heavy (non-hydrogen) atoms. The smallest absolute Gasteiger partial charge is 0.278 e. The minimum absolute atomic E-state index is 0.174. The van der Waals surface area contributed by atoms with Gasteiger partial charge >= 0.3 is 0 Å². The number of nitrogens with one attached hydrogen (secondary N) is 1. The number of carbonyl (C=O) groups excluding carboxylic acids is 1. The van der Waals surface area contributed by atoms with Crippen LogP contribution < -0.4 is 11.1 Å². The number of nitrogens with zero attached hydrogens (tertiary/aromatic N) is 2. The van der Waals surface area contributed by atoms with E-state index in [0.29, 0.717) is 5.92 Å². The van der Waals surface area contributed by atoms with Gasteiger partial charge in [0.2, 0.25) is 0 Å². The average molecular weight is 296 g/mol. The van der Waals surface area contributed by atoms with Crippen LogP contribution in [0, 0.1) is 0 Å². The van der Waals surface area contributed by atoms with Crippen LogP contribution in [0.15, 0.2) is 36.5 Å². The Labute approximate surface area is 130 Å². The molecule has 3 rings (SSSR count). The summed E-state index contributed by atoms with van der Waals surface area (Å²) in [4.78, 5) is 21.0. The van der Waals surface area contributed by atoms with Gasteiger partial charge in [-0.05, 0) is 25.0 Å². The van der Waals surface area contributed by atoms with Gasteiger partial charge in [-0.2, -0.15) is 0 Å². The number of amides is 1. The fourth-order valence-electron chi connectivity index (χ4n) is 2.89. The van der Waals surface area contributed by atoms with Crippen LogP contribution in [-0.4, -0.2) is 15.9 Å². The molecule has 0 radical (unpaired) electrons. The molecule has 1 aliphatic carbocycles. The standard InChI is InChI=1S/C17H20N4O/c18-16-15(17(22)20-13-9-5-2-6-10-13)21-14(11-19-16)12-7-3-1-4-8-12/h2,5-6,9-12H,1,3-4,7-8H2,(H2,18,19)(H,20,22). The third-order valence-electron chi connectivity index (χ3n) is 4.09. The predicted molar refractivity (Wildman–Crippen MR) is 86.7 cm³/mol. The van der Waals surface area contributed by atoms with Crippen molar-refractivity contribution in [2.75, 3.05) is 11.1 Å². The van der Waals surface area contributed by atoms with Crippen molar-refractivity contribution in [3.05, 3.63) is 47.9 Å². The maximum absolute atomic E-state index is 12.4. The van der Waals surface area contributed by atoms with E-state index in [1.165, 1.54) is 19.3 Å². The minimum Gasteiger partial charge on any atom is -0.382 e. The number of nitrogen functional groups attached to an aromatic ring is 1. The summed E-state index contributed by atoms with van der Waals surface area (Å²) in [5.41, 5.74) is 7.65. The summed E-state index contributed by atoms with van der Waals surface area (Å²) in [7, 11) is 0. The largest absolute Gasteiger partial charge is 0.382 e. The number of aromatic nitrogens is 2. The van der Waals surface area contributed by atoms with Crippen LogP contribution in [0.25, 0.3) is 0 Å². The minimum atomic E-state index is -0.311. The van der Waals surface area contributed by atoms with Crippen LogP contribution in [0.4, 0.5) is 11.5 Å². The molecule has 1 aromatic carbocycles. The van der Waals surface area contributed by atoms with Crippen LogP contribution in [-0.2, 0) is 0 Å². The first kappa shape index (κ1) is 14.5. The Bertz CT molecular complexity index is 651. The fraction of sp³-hybridized carbons (Fsp3) is 0.353. The lowest BCUT2D eigenvalue weighted by Gasteiger charge is -2.21. The summed E-state index contributed by atoms with van der Waals surface area (Å²) in [5.74, 6) is 0.256. The molecule has 5 heteroatoms. The van der Waals surface area contributed by atoms with Crippen LogP contribution in [0.1, 0.15) is 54.2 Å². The van der Waals surface area contributed by atoms with Crippen LogP contribution in [0.5, 0.6) is 0 Å². The molecule has 0 atom stereocenters. The van der Waals surface area contributed by atoms with E-state index in [1.807, 2.05) is 30.3 Å². The molecule has 114 valence electrons. The number of rotatable bonds is 3. The second-order valence-electron chi connectivity index (χ2n) is 5.68. The van der Waals surface area contributed by atoms with Gasteiger partial charge in [-0.1, -0.05) is 37.5 Å². The Morgan fingerprint density at radius 2 is 1.86 bits per heavy atom. The maximum Gasteiger partial charge on any atom is 0.278 e. The lowest BCUT2D eigenvalue weighted by atomic mass is 9.87. The topological polar surface area (TPSA) is 80.9 Å². The van der Waals surface area contributed by atoms with E-state index in [4.69, 9.17) is 5.73 Å². The van der Waals surface area contributed by atoms with E-state index in [0.717, 1.165) is 24.2 Å². The van der Waals surface area contributed by atoms with Gasteiger partial charge in [-0.25, -0.2) is 9.97 Å². The molecule has 1 amide bonds. The highest BCUT2D eigenvalue weighted by Gasteiger charge is 2.20. The van der Waals surface area contributed by atoms with Crippen molar-refractivity contribution in [2.45, 2.75) is 38.0 Å². The number of benzene rings is 1. The third-order valence-corrected chi connectivity index (χ3v) is 4.09. The summed E-state index contributed by atoms with van der Waals surface area (Å²) in [6.07, 6.45) is 7.63. The molecular weight excluding hydrogens is 276 g/mol. The van der Waals surface area contributed by atoms with Crippen LogP contribution in [0.3, 0.4) is 0 Å². The molecule has 0 unspecified atom stereocenters. The van der Waals surface area contributed by atoms with Crippen molar-refractivity contribution in [1.82, 2.24) is 9.97 Å². The van der Waals surface area contributed by atoms with Gasteiger partial charge in [0.15, 0.2) is 11.5 Å². The van der Waals surface area contributed by atoms with Crippen molar-refractivity contribution in [1.29, 1.82) is 0 Å². The van der Waals surface area contributed by atoms with E-state index >= 15 is 0 Å². The first-order chi connectivity index (χ1) is 10.7. The molecule has 1 aromatic heterocycles. The highest BCUT2D eigenvalue weighted by Crippen LogP contribution is 2.31. The normalized spacial score (nSPS) is 15.5. The summed E-state index contributed by atoms with van der Waals surface area (Å²) >= 11 is 0. The van der Waals surface area contributed by atoms with Gasteiger partial charge in [-0.15, -0.1) is 0 Å². The van der Waals surface area contributed by atoms with Gasteiger partial charge in [0.25, 0.3) is 5.91 Å². The van der Waals surface area contributed by atoms with Gasteiger partial charge in [0.05, 0.1) is 11.9 Å². The van der Waals surface area contributed by atoms with E-state index in [2.05, 4.69) is 15.3 Å². The van der Waals surface area contributed by atoms with E-state index in [-0.39, 0.29) is 17.4 Å². The Morgan fingerprint density at radius 1 is 1.14 bits per heavy atom. The van der Waals surface area contributed by atoms with Crippen molar-refractivity contribution in [3.8, 4) is 0 Å². The summed E-state index contributed by atoms with van der Waals surface area (Å²) in [6, 6.07) is 9.28. The number of nitrogens with two attached hydrogens (primary N) is 1. The van der Waals surface area contributed by atoms with Gasteiger partial charge < -0.3 is 11.1 Å². The zero-order chi connectivity index (χ0) is 15.4. The van der Waals surface area contributed by atoms with Crippen molar-refractivity contribution < 1.29 is 4.79 Å². The summed E-state index contributed by atoms with van der Waals surface area (Å²) in [6.45, 7) is 0. The Kier molecular flexibility index (Phi) is 4.32. The Balaban J connectivity index is 1.81. The molecule has 2 aromatic rings. The summed E-state index contributed by atoms with van der Waals surface area (Å²) in [5, 5.41) is 2.81. The molecule has 1 fully saturated rings. The highest BCUT2D eigenvalue weighted by atomic mass is 16.1. The van der Waals surface area contributed by atoms with Crippen molar-refractivity contribution >= 4 is 17.4 Å². The monoisotopic (exact) mass is 296 g/mol. The number of hydrogen-bond donors (Lipinski definition) is 2. The first-order valence-electron chi connectivity index (χ1n) is 7.73. The van der Waals surface area contributed by atoms with Crippen LogP contribution >= 0.6 is 0 Å². The number of para-hydroxylation sites is 1. The Morgan fingerprint density at radius 3 is 2.59 bits per heavy atom. The molecule has 0 saturated heterocycles. The zero-order valence-corrected chi connectivity index (χ0v) is 12.5. The van der Waals surface area contributed by atoms with E-state index in [1.54, 1.807) is 6.20 Å². The van der Waals surface area contributed by atoms with Crippen molar-refractivity contribution in [3.63, 3.8) is 0 Å². The van der Waals surface area contributed by atoms with Crippen LogP contribution in [0.2, 0.25) is 0 Å². The SMILES string of the molecule is Nc1ncc(C2CCCCC2)nc1C(=O)Nc1ccccc1. The molecule has 3 N–H and O–H groups in total. The summed E-state index contributed by atoms with van der Waals surface area (Å²) < 4.78 is 0. The number of hydrogen-bond acceptors (Lipinski definition) is 4. The van der Waals surface area contributed by atoms with Crippen molar-refractivity contribution in [2.24, 2.45) is 0 Å². The predicted octanol–water partition coefficient (Wildman–Crippen LogP) is 3.36. The molecular formula is C17H20N4O. The second-order valence-corrected chi connectivity index (χ2v) is 5.68. The van der Waals surface area contributed by atoms with Gasteiger partial charge in [0, 0.05) is 11.6 Å². The molecule has 0 bridgehead atoms. The van der Waals surface area contributed by atoms with Gasteiger partial charge in [0.1, 0.15) is 0 Å². The third kappa shape index (κ3) is 3.24. The molecule has 1 saturated carbocycles. The molecule has 0 aliphatic heterocycles. The molecule has 0 spiro atoms. The first-order valence-corrected chi connectivity index (χ1v) is 7.73. The molecule has 1 heterocycles. The average Bonchev–Trinajstić information content (AvgIpc) is 2.57. The zero-order valence-electron chi connectivity index (χ0n) is 12.5. The quantitative estimate of drug-likeness (QED) is 0.910. The lowest BCUT2D eigenvalue weighted by Crippen LogP contribution is -2.19. The fourth-order valence-corrected chi connectivity index (χ4v) is 2.89. The highest BCUT2D eigenvalue weighted by molar-refractivity contribution is 6.05. The maximum atomic E-state index is 12.4. The lowest BCUT2D eigenvalue weighted by molar-refractivity contribution is 0.102. The molecule has 1 aliphatic rings. The Hall–Kier alpha value is -2.43. The van der Waals surface area contributed by atoms with E-state index < -0.39 is 0 Å². The number of carbonyl (C=O) groups is 1. The van der Waals surface area contributed by atoms with E-state index in [9.17, 15) is 4.79 Å².